The average molecular weight is 279 g/mol. The van der Waals surface area contributed by atoms with E-state index in [9.17, 15) is 0 Å². The lowest BCUT2D eigenvalue weighted by Crippen LogP contribution is -2.28. The number of benzene rings is 1. The molecular formula is C19H21NO. The highest BCUT2D eigenvalue weighted by molar-refractivity contribution is 5.28. The lowest BCUT2D eigenvalue weighted by Gasteiger charge is -2.19. The monoisotopic (exact) mass is 279 g/mol. The van der Waals surface area contributed by atoms with Gasteiger partial charge in [-0.05, 0) is 60.6 Å². The van der Waals surface area contributed by atoms with Crippen molar-refractivity contribution in [1.82, 2.24) is 5.32 Å². The standard InChI is InChI=1S/C19H21NO/c1-2-5-12(6-3-1)18(15-7-4-10-21-15)20-19-16-13-8-9-14(11-13)17(16)19/h1-7,10,13-14,16-20H,8-9,11H2. The summed E-state index contributed by atoms with van der Waals surface area (Å²) >= 11 is 0. The molecule has 3 fully saturated rings. The largest absolute Gasteiger partial charge is 0.467 e. The molecule has 0 saturated heterocycles. The Morgan fingerprint density at radius 1 is 0.952 bits per heavy atom. The summed E-state index contributed by atoms with van der Waals surface area (Å²) in [6, 6.07) is 15.7. The lowest BCUT2D eigenvalue weighted by atomic mass is 10.0. The van der Waals surface area contributed by atoms with Crippen LogP contribution in [0.4, 0.5) is 0 Å². The van der Waals surface area contributed by atoms with Gasteiger partial charge in [-0.1, -0.05) is 30.3 Å². The van der Waals surface area contributed by atoms with Crippen LogP contribution in [0, 0.1) is 23.7 Å². The smallest absolute Gasteiger partial charge is 0.125 e. The third kappa shape index (κ3) is 1.82. The highest BCUT2D eigenvalue weighted by Crippen LogP contribution is 2.66. The topological polar surface area (TPSA) is 25.2 Å². The van der Waals surface area contributed by atoms with E-state index in [2.05, 4.69) is 41.7 Å². The second kappa shape index (κ2) is 4.48. The third-order valence-corrected chi connectivity index (χ3v) is 6.06. The van der Waals surface area contributed by atoms with Gasteiger partial charge in [0.15, 0.2) is 0 Å². The zero-order valence-corrected chi connectivity index (χ0v) is 12.1. The number of rotatable bonds is 4. The number of furan rings is 1. The first kappa shape index (κ1) is 12.0. The molecule has 0 radical (unpaired) electrons. The Morgan fingerprint density at radius 2 is 1.71 bits per heavy atom. The molecule has 3 aliphatic rings. The van der Waals surface area contributed by atoms with Crippen LogP contribution in [0.3, 0.4) is 0 Å². The van der Waals surface area contributed by atoms with Crippen LogP contribution in [0.15, 0.2) is 53.1 Å². The summed E-state index contributed by atoms with van der Waals surface area (Å²) in [7, 11) is 0. The molecule has 2 nitrogen and oxygen atoms in total. The fraction of sp³-hybridized carbons (Fsp3) is 0.474. The quantitative estimate of drug-likeness (QED) is 0.915. The molecule has 0 aliphatic heterocycles. The maximum absolute atomic E-state index is 5.71. The Balaban J connectivity index is 1.42. The van der Waals surface area contributed by atoms with Crippen molar-refractivity contribution in [3.8, 4) is 0 Å². The first-order valence-corrected chi connectivity index (χ1v) is 8.26. The van der Waals surface area contributed by atoms with Gasteiger partial charge in [-0.3, -0.25) is 0 Å². The minimum atomic E-state index is 0.205. The van der Waals surface area contributed by atoms with E-state index in [1.54, 1.807) is 6.26 Å². The molecular weight excluding hydrogens is 258 g/mol. The molecule has 5 atom stereocenters. The second-order valence-corrected chi connectivity index (χ2v) is 7.04. The van der Waals surface area contributed by atoms with Gasteiger partial charge in [-0.25, -0.2) is 0 Å². The first-order chi connectivity index (χ1) is 10.4. The Kier molecular flexibility index (Phi) is 2.57. The van der Waals surface area contributed by atoms with Gasteiger partial charge in [-0.2, -0.15) is 0 Å². The lowest BCUT2D eigenvalue weighted by molar-refractivity contribution is 0.400. The summed E-state index contributed by atoms with van der Waals surface area (Å²) in [4.78, 5) is 0. The van der Waals surface area contributed by atoms with Crippen LogP contribution in [0.5, 0.6) is 0 Å². The van der Waals surface area contributed by atoms with E-state index in [0.717, 1.165) is 29.4 Å². The summed E-state index contributed by atoms with van der Waals surface area (Å²) < 4.78 is 5.71. The summed E-state index contributed by atoms with van der Waals surface area (Å²) in [6.07, 6.45) is 6.23. The minimum Gasteiger partial charge on any atom is -0.467 e. The number of nitrogens with one attached hydrogen (secondary N) is 1. The van der Waals surface area contributed by atoms with Crippen molar-refractivity contribution >= 4 is 0 Å². The highest BCUT2D eigenvalue weighted by atomic mass is 16.3. The van der Waals surface area contributed by atoms with Gasteiger partial charge >= 0.3 is 0 Å². The Labute approximate surface area is 125 Å². The van der Waals surface area contributed by atoms with Crippen molar-refractivity contribution in [1.29, 1.82) is 0 Å². The molecule has 2 heteroatoms. The molecule has 3 saturated carbocycles. The van der Waals surface area contributed by atoms with Crippen LogP contribution >= 0.6 is 0 Å². The minimum absolute atomic E-state index is 0.205. The molecule has 0 spiro atoms. The van der Waals surface area contributed by atoms with Crippen molar-refractivity contribution in [2.24, 2.45) is 23.7 Å². The molecule has 1 aromatic heterocycles. The van der Waals surface area contributed by atoms with E-state index in [0.29, 0.717) is 6.04 Å². The van der Waals surface area contributed by atoms with Crippen molar-refractivity contribution < 1.29 is 4.42 Å². The van der Waals surface area contributed by atoms with Gasteiger partial charge < -0.3 is 9.73 Å². The van der Waals surface area contributed by atoms with E-state index in [-0.39, 0.29) is 6.04 Å². The Hall–Kier alpha value is -1.54. The summed E-state index contributed by atoms with van der Waals surface area (Å²) in [5.41, 5.74) is 1.31. The molecule has 21 heavy (non-hydrogen) atoms. The Morgan fingerprint density at radius 3 is 2.38 bits per heavy atom. The summed E-state index contributed by atoms with van der Waals surface area (Å²) in [5.74, 6) is 4.95. The molecule has 5 unspecified atom stereocenters. The molecule has 2 bridgehead atoms. The van der Waals surface area contributed by atoms with Crippen molar-refractivity contribution in [2.45, 2.75) is 31.3 Å². The summed E-state index contributed by atoms with van der Waals surface area (Å²) in [6.45, 7) is 0. The number of fused-ring (bicyclic) bond motifs is 5. The van der Waals surface area contributed by atoms with Crippen molar-refractivity contribution in [3.63, 3.8) is 0 Å². The van der Waals surface area contributed by atoms with Gasteiger partial charge in [0.25, 0.3) is 0 Å². The van der Waals surface area contributed by atoms with E-state index in [1.807, 2.05) is 6.07 Å². The van der Waals surface area contributed by atoms with Crippen molar-refractivity contribution in [3.05, 3.63) is 60.1 Å². The maximum atomic E-state index is 5.71. The zero-order valence-electron chi connectivity index (χ0n) is 12.1. The first-order valence-electron chi connectivity index (χ1n) is 8.26. The third-order valence-electron chi connectivity index (χ3n) is 6.06. The van der Waals surface area contributed by atoms with Crippen LogP contribution in [-0.4, -0.2) is 6.04 Å². The predicted molar refractivity (Wildman–Crippen MR) is 81.7 cm³/mol. The van der Waals surface area contributed by atoms with Crippen LogP contribution in [0.2, 0.25) is 0 Å². The zero-order chi connectivity index (χ0) is 13.8. The van der Waals surface area contributed by atoms with Crippen LogP contribution in [-0.2, 0) is 0 Å². The number of hydrogen-bond acceptors (Lipinski definition) is 2. The average Bonchev–Trinajstić information content (AvgIpc) is 3.00. The SMILES string of the molecule is c1ccc(C(NC2C3C4CCC(C4)C23)c2ccco2)cc1. The van der Waals surface area contributed by atoms with Gasteiger partial charge in [0.2, 0.25) is 0 Å². The van der Waals surface area contributed by atoms with Crippen LogP contribution in [0.1, 0.15) is 36.6 Å². The molecule has 3 aliphatic carbocycles. The van der Waals surface area contributed by atoms with Gasteiger partial charge in [0.05, 0.1) is 12.3 Å². The highest BCUT2D eigenvalue weighted by Gasteiger charge is 2.65. The molecule has 2 aromatic rings. The molecule has 1 aromatic carbocycles. The number of hydrogen-bond donors (Lipinski definition) is 1. The van der Waals surface area contributed by atoms with E-state index in [4.69, 9.17) is 4.42 Å². The molecule has 0 amide bonds. The summed E-state index contributed by atoms with van der Waals surface area (Å²) in [5, 5.41) is 3.92. The fourth-order valence-corrected chi connectivity index (χ4v) is 5.18. The maximum Gasteiger partial charge on any atom is 0.125 e. The fourth-order valence-electron chi connectivity index (χ4n) is 5.18. The van der Waals surface area contributed by atoms with E-state index < -0.39 is 0 Å². The van der Waals surface area contributed by atoms with Gasteiger partial charge in [0.1, 0.15) is 5.76 Å². The molecule has 5 rings (SSSR count). The van der Waals surface area contributed by atoms with Gasteiger partial charge in [0, 0.05) is 6.04 Å². The van der Waals surface area contributed by atoms with Crippen LogP contribution in [0.25, 0.3) is 0 Å². The molecule has 1 heterocycles. The Bertz CT molecular complexity index is 604. The van der Waals surface area contributed by atoms with E-state index in [1.165, 1.54) is 24.8 Å². The predicted octanol–water partition coefficient (Wildman–Crippen LogP) is 4.00. The molecule has 1 N–H and O–H groups in total. The van der Waals surface area contributed by atoms with Crippen molar-refractivity contribution in [2.75, 3.05) is 0 Å². The van der Waals surface area contributed by atoms with Crippen LogP contribution < -0.4 is 5.32 Å². The second-order valence-electron chi connectivity index (χ2n) is 7.04. The molecule has 108 valence electrons. The van der Waals surface area contributed by atoms with E-state index >= 15 is 0 Å². The normalized spacial score (nSPS) is 37.4. The van der Waals surface area contributed by atoms with Gasteiger partial charge in [-0.15, -0.1) is 0 Å².